The standard InChI is InChI=1S/C16H10F3NO4/c17-10-7-12(19)11(18)4-8(10)5-16-13(20(22)23)6-9-14(21)2-1-3-15(9)24-16/h1-4,6-7,16,21H,5H2. The highest BCUT2D eigenvalue weighted by Gasteiger charge is 2.33. The fraction of sp³-hybridized carbons (Fsp3) is 0.125. The largest absolute Gasteiger partial charge is 0.507 e. The number of fused-ring (bicyclic) bond motifs is 1. The Bertz CT molecular complexity index is 867. The van der Waals surface area contributed by atoms with E-state index in [4.69, 9.17) is 4.74 Å². The van der Waals surface area contributed by atoms with Crippen LogP contribution in [-0.4, -0.2) is 16.1 Å². The molecule has 1 N–H and O–H groups in total. The van der Waals surface area contributed by atoms with E-state index in [0.717, 1.165) is 6.08 Å². The van der Waals surface area contributed by atoms with Crippen molar-refractivity contribution in [1.82, 2.24) is 0 Å². The van der Waals surface area contributed by atoms with E-state index in [1.807, 2.05) is 0 Å². The predicted molar refractivity (Wildman–Crippen MR) is 77.5 cm³/mol. The molecule has 24 heavy (non-hydrogen) atoms. The summed E-state index contributed by atoms with van der Waals surface area (Å²) in [7, 11) is 0. The molecule has 124 valence electrons. The molecule has 1 atom stereocenters. The van der Waals surface area contributed by atoms with Crippen LogP contribution in [0.1, 0.15) is 11.1 Å². The molecule has 1 aliphatic heterocycles. The molecule has 0 spiro atoms. The number of rotatable bonds is 3. The zero-order valence-corrected chi connectivity index (χ0v) is 12.0. The molecular weight excluding hydrogens is 327 g/mol. The summed E-state index contributed by atoms with van der Waals surface area (Å²) >= 11 is 0. The summed E-state index contributed by atoms with van der Waals surface area (Å²) < 4.78 is 45.5. The molecule has 1 unspecified atom stereocenters. The predicted octanol–water partition coefficient (Wildman–Crippen LogP) is 3.43. The van der Waals surface area contributed by atoms with Crippen molar-refractivity contribution < 1.29 is 27.9 Å². The Morgan fingerprint density at radius 1 is 1.17 bits per heavy atom. The number of aromatic hydroxyl groups is 1. The Balaban J connectivity index is 2.00. The zero-order valence-electron chi connectivity index (χ0n) is 12.0. The minimum absolute atomic E-state index is 0.131. The molecule has 3 rings (SSSR count). The number of ether oxygens (including phenoxy) is 1. The van der Waals surface area contributed by atoms with Gasteiger partial charge in [-0.3, -0.25) is 10.1 Å². The van der Waals surface area contributed by atoms with E-state index >= 15 is 0 Å². The molecule has 1 heterocycles. The summed E-state index contributed by atoms with van der Waals surface area (Å²) in [5.41, 5.74) is -0.547. The lowest BCUT2D eigenvalue weighted by atomic mass is 10.00. The summed E-state index contributed by atoms with van der Waals surface area (Å²) in [4.78, 5) is 10.5. The van der Waals surface area contributed by atoms with Crippen LogP contribution in [-0.2, 0) is 6.42 Å². The van der Waals surface area contributed by atoms with Crippen LogP contribution in [0.15, 0.2) is 36.0 Å². The van der Waals surface area contributed by atoms with E-state index < -0.39 is 34.2 Å². The number of halogens is 3. The molecule has 0 fully saturated rings. The topological polar surface area (TPSA) is 72.6 Å². The Hall–Kier alpha value is -3.03. The number of phenols is 1. The molecule has 0 amide bonds. The Morgan fingerprint density at radius 3 is 2.58 bits per heavy atom. The number of hydrogen-bond donors (Lipinski definition) is 1. The van der Waals surface area contributed by atoms with E-state index in [2.05, 4.69) is 0 Å². The summed E-state index contributed by atoms with van der Waals surface area (Å²) in [5, 5.41) is 21.0. The number of hydrogen-bond acceptors (Lipinski definition) is 4. The smallest absolute Gasteiger partial charge is 0.287 e. The minimum atomic E-state index is -1.35. The molecule has 0 saturated heterocycles. The van der Waals surface area contributed by atoms with Crippen LogP contribution >= 0.6 is 0 Å². The second kappa shape index (κ2) is 5.88. The first kappa shape index (κ1) is 15.9. The molecule has 0 aromatic heterocycles. The maximum atomic E-state index is 13.8. The molecule has 0 radical (unpaired) electrons. The normalized spacial score (nSPS) is 16.1. The number of nitrogens with zero attached hydrogens (tertiary/aromatic N) is 1. The highest BCUT2D eigenvalue weighted by molar-refractivity contribution is 5.67. The first-order valence-corrected chi connectivity index (χ1v) is 6.85. The molecule has 8 heteroatoms. The number of nitro groups is 1. The Kier molecular flexibility index (Phi) is 3.88. The van der Waals surface area contributed by atoms with Crippen LogP contribution in [0.2, 0.25) is 0 Å². The van der Waals surface area contributed by atoms with E-state index in [-0.39, 0.29) is 29.0 Å². The lowest BCUT2D eigenvalue weighted by Crippen LogP contribution is -2.29. The summed E-state index contributed by atoms with van der Waals surface area (Å²) in [6.45, 7) is 0. The summed E-state index contributed by atoms with van der Waals surface area (Å²) in [6, 6.07) is 5.32. The van der Waals surface area contributed by atoms with Crippen molar-refractivity contribution in [3.8, 4) is 11.5 Å². The summed E-state index contributed by atoms with van der Waals surface area (Å²) in [5.74, 6) is -3.66. The third kappa shape index (κ3) is 2.78. The maximum absolute atomic E-state index is 13.8. The highest BCUT2D eigenvalue weighted by Crippen LogP contribution is 2.36. The van der Waals surface area contributed by atoms with Gasteiger partial charge in [-0.1, -0.05) is 6.07 Å². The van der Waals surface area contributed by atoms with Gasteiger partial charge in [-0.25, -0.2) is 13.2 Å². The third-order valence-corrected chi connectivity index (χ3v) is 3.64. The van der Waals surface area contributed by atoms with E-state index in [1.54, 1.807) is 0 Å². The van der Waals surface area contributed by atoms with Gasteiger partial charge >= 0.3 is 0 Å². The third-order valence-electron chi connectivity index (χ3n) is 3.64. The monoisotopic (exact) mass is 337 g/mol. The van der Waals surface area contributed by atoms with Crippen LogP contribution in [0.25, 0.3) is 6.08 Å². The van der Waals surface area contributed by atoms with Crippen LogP contribution in [0, 0.1) is 27.6 Å². The molecule has 0 aliphatic carbocycles. The van der Waals surface area contributed by atoms with Gasteiger partial charge in [0, 0.05) is 18.6 Å². The van der Waals surface area contributed by atoms with Crippen LogP contribution in [0.3, 0.4) is 0 Å². The van der Waals surface area contributed by atoms with Gasteiger partial charge in [-0.15, -0.1) is 0 Å². The molecule has 5 nitrogen and oxygen atoms in total. The maximum Gasteiger partial charge on any atom is 0.287 e. The quantitative estimate of drug-likeness (QED) is 0.529. The van der Waals surface area contributed by atoms with Crippen LogP contribution in [0.4, 0.5) is 13.2 Å². The van der Waals surface area contributed by atoms with Gasteiger partial charge in [-0.05, 0) is 23.8 Å². The minimum Gasteiger partial charge on any atom is -0.507 e. The van der Waals surface area contributed by atoms with Crippen molar-refractivity contribution in [2.24, 2.45) is 0 Å². The highest BCUT2D eigenvalue weighted by atomic mass is 19.2. The fourth-order valence-corrected chi connectivity index (χ4v) is 2.47. The fourth-order valence-electron chi connectivity index (χ4n) is 2.47. The second-order valence-electron chi connectivity index (χ2n) is 5.18. The lowest BCUT2D eigenvalue weighted by molar-refractivity contribution is -0.433. The molecular formula is C16H10F3NO4. The first-order valence-electron chi connectivity index (χ1n) is 6.85. The van der Waals surface area contributed by atoms with Crippen LogP contribution < -0.4 is 4.74 Å². The molecule has 0 saturated carbocycles. The second-order valence-corrected chi connectivity index (χ2v) is 5.18. The number of benzene rings is 2. The first-order chi connectivity index (χ1) is 11.4. The average Bonchev–Trinajstić information content (AvgIpc) is 2.52. The lowest BCUT2D eigenvalue weighted by Gasteiger charge is -2.23. The molecule has 1 aliphatic rings. The molecule has 0 bridgehead atoms. The van der Waals surface area contributed by atoms with Gasteiger partial charge in [0.15, 0.2) is 17.7 Å². The van der Waals surface area contributed by atoms with Crippen molar-refractivity contribution in [3.05, 3.63) is 74.7 Å². The van der Waals surface area contributed by atoms with Gasteiger partial charge < -0.3 is 9.84 Å². The van der Waals surface area contributed by atoms with Gasteiger partial charge in [0.2, 0.25) is 0 Å². The van der Waals surface area contributed by atoms with E-state index in [9.17, 15) is 28.4 Å². The van der Waals surface area contributed by atoms with Crippen molar-refractivity contribution >= 4 is 6.08 Å². The van der Waals surface area contributed by atoms with E-state index in [0.29, 0.717) is 12.1 Å². The van der Waals surface area contributed by atoms with Crippen LogP contribution in [0.5, 0.6) is 11.5 Å². The Morgan fingerprint density at radius 2 is 1.88 bits per heavy atom. The average molecular weight is 337 g/mol. The van der Waals surface area contributed by atoms with E-state index in [1.165, 1.54) is 18.2 Å². The van der Waals surface area contributed by atoms with Gasteiger partial charge in [0.1, 0.15) is 17.3 Å². The molecule has 2 aromatic carbocycles. The SMILES string of the molecule is O=[N+]([O-])C1=Cc2c(O)cccc2OC1Cc1cc(F)c(F)cc1F. The van der Waals surface area contributed by atoms with Crippen molar-refractivity contribution in [3.63, 3.8) is 0 Å². The molecule has 2 aromatic rings. The zero-order chi connectivity index (χ0) is 17.4. The number of phenolic OH excluding ortho intramolecular Hbond substituents is 1. The van der Waals surface area contributed by atoms with Gasteiger partial charge in [-0.2, -0.15) is 0 Å². The van der Waals surface area contributed by atoms with Gasteiger partial charge in [0.25, 0.3) is 5.70 Å². The van der Waals surface area contributed by atoms with Crippen molar-refractivity contribution in [2.75, 3.05) is 0 Å². The summed E-state index contributed by atoms with van der Waals surface area (Å²) in [6.07, 6.45) is -0.463. The van der Waals surface area contributed by atoms with Crippen molar-refractivity contribution in [2.45, 2.75) is 12.5 Å². The van der Waals surface area contributed by atoms with Crippen molar-refractivity contribution in [1.29, 1.82) is 0 Å². The van der Waals surface area contributed by atoms with Gasteiger partial charge in [0.05, 0.1) is 10.5 Å². The Labute approximate surface area is 133 Å².